The van der Waals surface area contributed by atoms with Crippen LogP contribution in [0.4, 0.5) is 0 Å². The van der Waals surface area contributed by atoms with Gasteiger partial charge in [-0.15, -0.1) is 12.4 Å². The van der Waals surface area contributed by atoms with E-state index in [9.17, 15) is 4.79 Å². The number of nitrogens with one attached hydrogen (secondary N) is 1. The van der Waals surface area contributed by atoms with E-state index in [4.69, 9.17) is 11.6 Å². The molecule has 1 aliphatic heterocycles. The van der Waals surface area contributed by atoms with Crippen LogP contribution in [-0.4, -0.2) is 29.4 Å². The molecule has 1 saturated carbocycles. The molecule has 2 fully saturated rings. The average molecular weight is 357 g/mol. The second kappa shape index (κ2) is 7.87. The number of piperidine rings is 1. The first kappa shape index (κ1) is 18.6. The van der Waals surface area contributed by atoms with E-state index >= 15 is 0 Å². The van der Waals surface area contributed by atoms with E-state index in [-0.39, 0.29) is 24.4 Å². The quantitative estimate of drug-likeness (QED) is 0.876. The van der Waals surface area contributed by atoms with Gasteiger partial charge in [-0.1, -0.05) is 29.8 Å². The lowest BCUT2D eigenvalue weighted by molar-refractivity contribution is -0.139. The number of rotatable bonds is 4. The summed E-state index contributed by atoms with van der Waals surface area (Å²) in [5, 5.41) is 4.19. The van der Waals surface area contributed by atoms with Crippen molar-refractivity contribution in [3.63, 3.8) is 0 Å². The highest BCUT2D eigenvalue weighted by atomic mass is 35.5. The van der Waals surface area contributed by atoms with Gasteiger partial charge < -0.3 is 10.2 Å². The summed E-state index contributed by atoms with van der Waals surface area (Å²) in [6, 6.07) is 8.79. The molecule has 0 spiro atoms. The SMILES string of the molecule is CC(c1ccccc1Cl)N(C(=O)[C@H]1CCN[C@@H](C)C1)C1CC1.Cl. The zero-order valence-corrected chi connectivity index (χ0v) is 15.4. The molecule has 1 aromatic carbocycles. The van der Waals surface area contributed by atoms with Crippen molar-refractivity contribution in [3.05, 3.63) is 34.9 Å². The Morgan fingerprint density at radius 3 is 2.61 bits per heavy atom. The van der Waals surface area contributed by atoms with Gasteiger partial charge in [-0.25, -0.2) is 0 Å². The molecule has 3 nitrogen and oxygen atoms in total. The van der Waals surface area contributed by atoms with Crippen LogP contribution in [0.15, 0.2) is 24.3 Å². The molecule has 0 aromatic heterocycles. The molecule has 23 heavy (non-hydrogen) atoms. The zero-order valence-electron chi connectivity index (χ0n) is 13.8. The molecule has 1 aromatic rings. The fourth-order valence-electron chi connectivity index (χ4n) is 3.57. The monoisotopic (exact) mass is 356 g/mol. The van der Waals surface area contributed by atoms with Crippen LogP contribution in [0.25, 0.3) is 0 Å². The summed E-state index contributed by atoms with van der Waals surface area (Å²) in [7, 11) is 0. The second-order valence-corrected chi connectivity index (χ2v) is 7.16. The molecule has 1 heterocycles. The highest BCUT2D eigenvalue weighted by molar-refractivity contribution is 6.31. The summed E-state index contributed by atoms with van der Waals surface area (Å²) in [4.78, 5) is 15.2. The third-order valence-corrected chi connectivity index (χ3v) is 5.28. The van der Waals surface area contributed by atoms with Crippen molar-refractivity contribution in [2.45, 2.75) is 57.7 Å². The molecule has 1 N–H and O–H groups in total. The number of halogens is 2. The summed E-state index contributed by atoms with van der Waals surface area (Å²) in [6.45, 7) is 5.22. The Morgan fingerprint density at radius 1 is 1.30 bits per heavy atom. The van der Waals surface area contributed by atoms with Gasteiger partial charge in [0.25, 0.3) is 0 Å². The molecule has 1 unspecified atom stereocenters. The predicted molar refractivity (Wildman–Crippen MR) is 97.2 cm³/mol. The van der Waals surface area contributed by atoms with E-state index in [0.29, 0.717) is 18.0 Å². The number of carbonyl (C=O) groups is 1. The van der Waals surface area contributed by atoms with Crippen LogP contribution in [0.2, 0.25) is 5.02 Å². The van der Waals surface area contributed by atoms with Crippen LogP contribution < -0.4 is 5.32 Å². The number of hydrogen-bond acceptors (Lipinski definition) is 2. The lowest BCUT2D eigenvalue weighted by Gasteiger charge is -2.36. The number of hydrogen-bond donors (Lipinski definition) is 1. The van der Waals surface area contributed by atoms with Crippen molar-refractivity contribution in [3.8, 4) is 0 Å². The number of benzene rings is 1. The molecular weight excluding hydrogens is 331 g/mol. The van der Waals surface area contributed by atoms with Crippen LogP contribution in [0.3, 0.4) is 0 Å². The first-order chi connectivity index (χ1) is 10.6. The molecule has 128 valence electrons. The van der Waals surface area contributed by atoms with Crippen molar-refractivity contribution in [1.29, 1.82) is 0 Å². The lowest BCUT2D eigenvalue weighted by Crippen LogP contribution is -2.45. The van der Waals surface area contributed by atoms with Crippen LogP contribution in [0.1, 0.15) is 51.1 Å². The smallest absolute Gasteiger partial charge is 0.226 e. The molecule has 1 amide bonds. The highest BCUT2D eigenvalue weighted by Crippen LogP contribution is 2.38. The Bertz CT molecular complexity index is 548. The normalized spacial score (nSPS) is 25.3. The second-order valence-electron chi connectivity index (χ2n) is 6.75. The van der Waals surface area contributed by atoms with Crippen molar-refractivity contribution < 1.29 is 4.79 Å². The Labute approximate surface area is 150 Å². The van der Waals surface area contributed by atoms with Gasteiger partial charge in [0.15, 0.2) is 0 Å². The van der Waals surface area contributed by atoms with Gasteiger partial charge >= 0.3 is 0 Å². The highest BCUT2D eigenvalue weighted by Gasteiger charge is 2.40. The zero-order chi connectivity index (χ0) is 15.7. The van der Waals surface area contributed by atoms with Crippen molar-refractivity contribution in [1.82, 2.24) is 10.2 Å². The minimum absolute atomic E-state index is 0. The summed E-state index contributed by atoms with van der Waals surface area (Å²) in [6.07, 6.45) is 4.14. The standard InChI is InChI=1S/C18H25ClN2O.ClH/c1-12-11-14(9-10-20-12)18(22)21(15-7-8-15)13(2)16-5-3-4-6-17(16)19;/h3-6,12-15,20H,7-11H2,1-2H3;1H/t12-,13?,14-;/m0./s1. The molecule has 2 aliphatic rings. The molecule has 0 radical (unpaired) electrons. The van der Waals surface area contributed by atoms with Gasteiger partial charge in [0.1, 0.15) is 0 Å². The molecule has 5 heteroatoms. The third-order valence-electron chi connectivity index (χ3n) is 4.94. The van der Waals surface area contributed by atoms with Crippen LogP contribution >= 0.6 is 24.0 Å². The van der Waals surface area contributed by atoms with Gasteiger partial charge in [0.2, 0.25) is 5.91 Å². The topological polar surface area (TPSA) is 32.3 Å². The van der Waals surface area contributed by atoms with Crippen molar-refractivity contribution >= 4 is 29.9 Å². The predicted octanol–water partition coefficient (Wildman–Crippen LogP) is 4.20. The van der Waals surface area contributed by atoms with E-state index in [1.54, 1.807) is 0 Å². The van der Waals surface area contributed by atoms with Crippen molar-refractivity contribution in [2.24, 2.45) is 5.92 Å². The number of amides is 1. The third kappa shape index (κ3) is 4.20. The average Bonchev–Trinajstić information content (AvgIpc) is 3.32. The van der Waals surface area contributed by atoms with Gasteiger partial charge in [-0.3, -0.25) is 4.79 Å². The van der Waals surface area contributed by atoms with Crippen LogP contribution in [0, 0.1) is 5.92 Å². The first-order valence-electron chi connectivity index (χ1n) is 8.38. The van der Waals surface area contributed by atoms with E-state index in [1.807, 2.05) is 24.3 Å². The van der Waals surface area contributed by atoms with E-state index in [0.717, 1.165) is 42.8 Å². The van der Waals surface area contributed by atoms with E-state index in [2.05, 4.69) is 24.1 Å². The molecule has 1 aliphatic carbocycles. The Hall–Kier alpha value is -0.770. The largest absolute Gasteiger partial charge is 0.333 e. The van der Waals surface area contributed by atoms with E-state index in [1.165, 1.54) is 0 Å². The maximum atomic E-state index is 13.1. The van der Waals surface area contributed by atoms with Crippen molar-refractivity contribution in [2.75, 3.05) is 6.54 Å². The van der Waals surface area contributed by atoms with Gasteiger partial charge in [0.05, 0.1) is 6.04 Å². The van der Waals surface area contributed by atoms with Gasteiger partial charge in [0, 0.05) is 23.0 Å². The Morgan fingerprint density at radius 2 is 2.00 bits per heavy atom. The summed E-state index contributed by atoms with van der Waals surface area (Å²) in [5.74, 6) is 0.477. The van der Waals surface area contributed by atoms with E-state index < -0.39 is 0 Å². The number of carbonyl (C=O) groups excluding carboxylic acids is 1. The van der Waals surface area contributed by atoms with Gasteiger partial charge in [-0.05, 0) is 57.7 Å². The summed E-state index contributed by atoms with van der Waals surface area (Å²) < 4.78 is 0. The maximum absolute atomic E-state index is 13.1. The van der Waals surface area contributed by atoms with Crippen LogP contribution in [0.5, 0.6) is 0 Å². The summed E-state index contributed by atoms with van der Waals surface area (Å²) >= 11 is 6.35. The Kier molecular flexibility index (Phi) is 6.35. The number of nitrogens with zero attached hydrogens (tertiary/aromatic N) is 1. The fraction of sp³-hybridized carbons (Fsp3) is 0.611. The minimum Gasteiger partial charge on any atom is -0.333 e. The maximum Gasteiger partial charge on any atom is 0.226 e. The fourth-order valence-corrected chi connectivity index (χ4v) is 3.86. The minimum atomic E-state index is 0. The van der Waals surface area contributed by atoms with Crippen LogP contribution in [-0.2, 0) is 4.79 Å². The lowest BCUT2D eigenvalue weighted by atomic mass is 9.91. The first-order valence-corrected chi connectivity index (χ1v) is 8.75. The summed E-state index contributed by atoms with van der Waals surface area (Å²) in [5.41, 5.74) is 1.06. The molecule has 0 bridgehead atoms. The molecular formula is C18H26Cl2N2O. The molecule has 3 rings (SSSR count). The molecule has 3 atom stereocenters. The van der Waals surface area contributed by atoms with Gasteiger partial charge in [-0.2, -0.15) is 0 Å². The Balaban J connectivity index is 0.00000192. The molecule has 1 saturated heterocycles.